The van der Waals surface area contributed by atoms with E-state index < -0.39 is 0 Å². The molecule has 2 aromatic rings. The zero-order valence-corrected chi connectivity index (χ0v) is 12.9. The molecule has 0 amide bonds. The van der Waals surface area contributed by atoms with E-state index in [1.54, 1.807) is 11.3 Å². The molecule has 21 heavy (non-hydrogen) atoms. The highest BCUT2D eigenvalue weighted by molar-refractivity contribution is 7.16. The van der Waals surface area contributed by atoms with Crippen molar-refractivity contribution >= 4 is 16.5 Å². The Morgan fingerprint density at radius 1 is 1.14 bits per heavy atom. The second kappa shape index (κ2) is 5.34. The van der Waals surface area contributed by atoms with Crippen molar-refractivity contribution in [2.75, 3.05) is 12.3 Å². The quantitative estimate of drug-likeness (QED) is 0.846. The maximum absolute atomic E-state index is 6.12. The van der Waals surface area contributed by atoms with Gasteiger partial charge < -0.3 is 10.5 Å². The van der Waals surface area contributed by atoms with E-state index in [4.69, 9.17) is 10.5 Å². The van der Waals surface area contributed by atoms with Gasteiger partial charge in [0.25, 0.3) is 0 Å². The summed E-state index contributed by atoms with van der Waals surface area (Å²) in [7, 11) is 0. The topological polar surface area (TPSA) is 48.1 Å². The smallest absolute Gasteiger partial charge is 0.180 e. The van der Waals surface area contributed by atoms with Gasteiger partial charge in [-0.1, -0.05) is 31.4 Å². The number of nitrogen functional groups attached to an aromatic ring is 1. The lowest BCUT2D eigenvalue weighted by molar-refractivity contribution is 0.217. The van der Waals surface area contributed by atoms with Crippen molar-refractivity contribution in [3.05, 3.63) is 29.1 Å². The zero-order valence-electron chi connectivity index (χ0n) is 12.0. The number of ether oxygens (including phenoxy) is 1. The molecular weight excluding hydrogens is 280 g/mol. The molecule has 0 bridgehead atoms. The van der Waals surface area contributed by atoms with Gasteiger partial charge in [0.05, 0.1) is 12.3 Å². The molecule has 4 heteroatoms. The molecule has 2 heterocycles. The Morgan fingerprint density at radius 3 is 2.81 bits per heavy atom. The van der Waals surface area contributed by atoms with Gasteiger partial charge in [0, 0.05) is 16.4 Å². The van der Waals surface area contributed by atoms with E-state index in [2.05, 4.69) is 11.1 Å². The largest absolute Gasteiger partial charge is 0.492 e. The summed E-state index contributed by atoms with van der Waals surface area (Å²) >= 11 is 1.66. The number of aromatic nitrogens is 1. The molecule has 2 N–H and O–H groups in total. The normalized spacial score (nSPS) is 22.0. The number of hydrogen-bond donors (Lipinski definition) is 1. The van der Waals surface area contributed by atoms with Crippen LogP contribution >= 0.6 is 11.3 Å². The molecule has 0 spiro atoms. The number of rotatable bonds is 1. The molecule has 1 aromatic carbocycles. The van der Waals surface area contributed by atoms with Gasteiger partial charge in [0.2, 0.25) is 0 Å². The van der Waals surface area contributed by atoms with E-state index in [9.17, 15) is 0 Å². The van der Waals surface area contributed by atoms with E-state index in [1.165, 1.54) is 37.0 Å². The lowest BCUT2D eigenvalue weighted by Gasteiger charge is -2.28. The second-order valence-corrected chi connectivity index (χ2v) is 7.14. The van der Waals surface area contributed by atoms with Gasteiger partial charge in [0.15, 0.2) is 5.13 Å². The van der Waals surface area contributed by atoms with Crippen LogP contribution in [0, 0.1) is 5.92 Å². The number of benzene rings is 1. The fourth-order valence-corrected chi connectivity index (χ4v) is 4.75. The average Bonchev–Trinajstić information content (AvgIpc) is 2.84. The van der Waals surface area contributed by atoms with Crippen LogP contribution in [0.1, 0.15) is 42.9 Å². The highest BCUT2D eigenvalue weighted by atomic mass is 32.1. The summed E-state index contributed by atoms with van der Waals surface area (Å²) in [5.74, 6) is 2.11. The van der Waals surface area contributed by atoms with Crippen molar-refractivity contribution in [2.45, 2.75) is 38.0 Å². The molecule has 4 rings (SSSR count). The summed E-state index contributed by atoms with van der Waals surface area (Å²) in [5.41, 5.74) is 8.18. The molecule has 1 saturated carbocycles. The predicted molar refractivity (Wildman–Crippen MR) is 86.8 cm³/mol. The lowest BCUT2D eigenvalue weighted by Crippen LogP contribution is -2.21. The summed E-state index contributed by atoms with van der Waals surface area (Å²) in [4.78, 5) is 5.95. The van der Waals surface area contributed by atoms with Gasteiger partial charge in [-0.2, -0.15) is 0 Å². The maximum Gasteiger partial charge on any atom is 0.180 e. The molecule has 1 unspecified atom stereocenters. The number of anilines is 1. The van der Waals surface area contributed by atoms with Crippen LogP contribution in [0.15, 0.2) is 24.3 Å². The van der Waals surface area contributed by atoms with Crippen molar-refractivity contribution in [3.8, 4) is 17.0 Å². The summed E-state index contributed by atoms with van der Waals surface area (Å²) in [6, 6.07) is 8.20. The fraction of sp³-hybridized carbons (Fsp3) is 0.471. The van der Waals surface area contributed by atoms with Crippen LogP contribution in [0.3, 0.4) is 0 Å². The highest BCUT2D eigenvalue weighted by Crippen LogP contribution is 2.47. The van der Waals surface area contributed by atoms with E-state index in [0.29, 0.717) is 17.0 Å². The van der Waals surface area contributed by atoms with Crippen LogP contribution in [0.4, 0.5) is 5.13 Å². The molecule has 3 nitrogen and oxygen atoms in total. The van der Waals surface area contributed by atoms with Crippen molar-refractivity contribution in [1.82, 2.24) is 4.98 Å². The Bertz CT molecular complexity index is 646. The zero-order chi connectivity index (χ0) is 14.2. The first kappa shape index (κ1) is 13.1. The number of para-hydroxylation sites is 1. The molecule has 1 aliphatic carbocycles. The molecule has 0 saturated heterocycles. The maximum atomic E-state index is 6.12. The Kier molecular flexibility index (Phi) is 3.34. The fourth-order valence-electron chi connectivity index (χ4n) is 3.72. The minimum Gasteiger partial charge on any atom is -0.492 e. The Balaban J connectivity index is 1.79. The van der Waals surface area contributed by atoms with Crippen LogP contribution in [0.2, 0.25) is 0 Å². The molecule has 1 atom stereocenters. The van der Waals surface area contributed by atoms with Crippen molar-refractivity contribution in [2.24, 2.45) is 5.92 Å². The van der Waals surface area contributed by atoms with Gasteiger partial charge in [-0.15, -0.1) is 11.3 Å². The van der Waals surface area contributed by atoms with Crippen LogP contribution in [-0.4, -0.2) is 11.6 Å². The monoisotopic (exact) mass is 300 g/mol. The summed E-state index contributed by atoms with van der Waals surface area (Å²) in [5, 5.41) is 0.678. The Hall–Kier alpha value is -1.55. The molecule has 110 valence electrons. The first-order valence-corrected chi connectivity index (χ1v) is 8.63. The third-order valence-corrected chi connectivity index (χ3v) is 5.80. The summed E-state index contributed by atoms with van der Waals surface area (Å²) in [6.45, 7) is 0.760. The van der Waals surface area contributed by atoms with Gasteiger partial charge in [-0.25, -0.2) is 4.98 Å². The average molecular weight is 300 g/mol. The Labute approximate surface area is 129 Å². The number of hydrogen-bond acceptors (Lipinski definition) is 4. The van der Waals surface area contributed by atoms with Crippen LogP contribution in [-0.2, 0) is 0 Å². The van der Waals surface area contributed by atoms with Gasteiger partial charge in [-0.3, -0.25) is 0 Å². The SMILES string of the molecule is Nc1nc2c(s1)C(C1CCCCC1)COc1ccccc1-2. The minimum atomic E-state index is 0.447. The van der Waals surface area contributed by atoms with Gasteiger partial charge in [0.1, 0.15) is 5.75 Å². The predicted octanol–water partition coefficient (Wildman–Crippen LogP) is 4.45. The van der Waals surface area contributed by atoms with E-state index in [-0.39, 0.29) is 0 Å². The number of nitrogens with two attached hydrogens (primary N) is 1. The number of fused-ring (bicyclic) bond motifs is 3. The molecule has 1 aliphatic heterocycles. The van der Waals surface area contributed by atoms with Gasteiger partial charge in [-0.05, 0) is 30.9 Å². The van der Waals surface area contributed by atoms with E-state index in [1.807, 2.05) is 18.2 Å². The third kappa shape index (κ3) is 2.31. The van der Waals surface area contributed by atoms with E-state index >= 15 is 0 Å². The first-order valence-electron chi connectivity index (χ1n) is 7.81. The summed E-state index contributed by atoms with van der Waals surface area (Å²) < 4.78 is 6.12. The molecule has 1 fully saturated rings. The van der Waals surface area contributed by atoms with E-state index in [0.717, 1.165) is 23.6 Å². The van der Waals surface area contributed by atoms with Crippen LogP contribution in [0.25, 0.3) is 11.3 Å². The van der Waals surface area contributed by atoms with Crippen molar-refractivity contribution < 1.29 is 4.74 Å². The lowest BCUT2D eigenvalue weighted by atomic mass is 9.79. The standard InChI is InChI=1S/C17H20N2OS/c18-17-19-15-12-8-4-5-9-14(12)20-10-13(16(15)21-17)11-6-2-1-3-7-11/h4-5,8-9,11,13H,1-3,6-7,10H2,(H2,18,19). The van der Waals surface area contributed by atoms with Gasteiger partial charge >= 0.3 is 0 Å². The molecular formula is C17H20N2OS. The highest BCUT2D eigenvalue weighted by Gasteiger charge is 2.33. The van der Waals surface area contributed by atoms with Crippen LogP contribution < -0.4 is 10.5 Å². The van der Waals surface area contributed by atoms with Crippen molar-refractivity contribution in [1.29, 1.82) is 0 Å². The minimum absolute atomic E-state index is 0.447. The number of nitrogens with zero attached hydrogens (tertiary/aromatic N) is 1. The first-order chi connectivity index (χ1) is 10.3. The molecule has 0 radical (unpaired) electrons. The number of thiazole rings is 1. The van der Waals surface area contributed by atoms with Crippen molar-refractivity contribution in [3.63, 3.8) is 0 Å². The molecule has 2 aliphatic rings. The Morgan fingerprint density at radius 2 is 1.95 bits per heavy atom. The second-order valence-electron chi connectivity index (χ2n) is 6.08. The third-order valence-electron chi connectivity index (χ3n) is 4.79. The molecule has 1 aromatic heterocycles. The van der Waals surface area contributed by atoms with Crippen LogP contribution in [0.5, 0.6) is 5.75 Å². The summed E-state index contributed by atoms with van der Waals surface area (Å²) in [6.07, 6.45) is 6.68.